The molecule has 0 saturated heterocycles. The highest BCUT2D eigenvalue weighted by Crippen LogP contribution is 2.06. The highest BCUT2D eigenvalue weighted by atomic mass is 16.5. The molecular weight excluding hydrogens is 274 g/mol. The van der Waals surface area contributed by atoms with Crippen molar-refractivity contribution in [3.05, 3.63) is 12.4 Å². The molecule has 1 aromatic heterocycles. The van der Waals surface area contributed by atoms with E-state index >= 15 is 0 Å². The van der Waals surface area contributed by atoms with Crippen LogP contribution >= 0.6 is 0 Å². The molecule has 21 heavy (non-hydrogen) atoms. The van der Waals surface area contributed by atoms with E-state index in [4.69, 9.17) is 10.5 Å². The second kappa shape index (κ2) is 9.09. The van der Waals surface area contributed by atoms with Crippen LogP contribution in [0.25, 0.3) is 0 Å². The Morgan fingerprint density at radius 1 is 1.52 bits per heavy atom. The third-order valence-corrected chi connectivity index (χ3v) is 2.77. The Balaban J connectivity index is 2.42. The molecule has 1 atom stereocenters. The maximum absolute atomic E-state index is 11.7. The quantitative estimate of drug-likeness (QED) is 0.542. The van der Waals surface area contributed by atoms with Gasteiger partial charge in [-0.2, -0.15) is 5.10 Å². The zero-order valence-electron chi connectivity index (χ0n) is 12.5. The molecule has 1 heterocycles. The molecule has 0 aliphatic carbocycles. The lowest BCUT2D eigenvalue weighted by molar-refractivity contribution is -0.122. The first-order valence-corrected chi connectivity index (χ1v) is 6.91. The number of rotatable bonds is 9. The van der Waals surface area contributed by atoms with Crippen molar-refractivity contribution in [2.45, 2.75) is 32.4 Å². The number of amides is 2. The minimum Gasteiger partial charge on any atom is -0.383 e. The van der Waals surface area contributed by atoms with Crippen molar-refractivity contribution in [3.63, 3.8) is 0 Å². The van der Waals surface area contributed by atoms with Gasteiger partial charge in [0.2, 0.25) is 11.8 Å². The third kappa shape index (κ3) is 6.37. The number of hydrogen-bond acceptors (Lipinski definition) is 5. The van der Waals surface area contributed by atoms with Crippen LogP contribution in [0.2, 0.25) is 0 Å². The van der Waals surface area contributed by atoms with Gasteiger partial charge in [0.1, 0.15) is 6.54 Å². The zero-order valence-corrected chi connectivity index (χ0v) is 12.5. The highest BCUT2D eigenvalue weighted by molar-refractivity contribution is 5.94. The summed E-state index contributed by atoms with van der Waals surface area (Å²) in [5.41, 5.74) is 6.24. The van der Waals surface area contributed by atoms with Crippen LogP contribution in [0.4, 0.5) is 5.69 Å². The van der Waals surface area contributed by atoms with E-state index in [2.05, 4.69) is 15.7 Å². The summed E-state index contributed by atoms with van der Waals surface area (Å²) >= 11 is 0. The van der Waals surface area contributed by atoms with Crippen LogP contribution in [0.1, 0.15) is 19.8 Å². The number of carbonyl (C=O) groups excluding carboxylic acids is 2. The molecule has 0 spiro atoms. The zero-order chi connectivity index (χ0) is 15.7. The van der Waals surface area contributed by atoms with Gasteiger partial charge in [0.25, 0.3) is 0 Å². The van der Waals surface area contributed by atoms with E-state index in [1.165, 1.54) is 10.9 Å². The molecule has 118 valence electrons. The van der Waals surface area contributed by atoms with Gasteiger partial charge in [0.15, 0.2) is 0 Å². The van der Waals surface area contributed by atoms with Gasteiger partial charge in [-0.25, -0.2) is 0 Å². The Morgan fingerprint density at radius 2 is 2.29 bits per heavy atom. The van der Waals surface area contributed by atoms with Gasteiger partial charge in [-0.05, 0) is 6.42 Å². The predicted octanol–water partition coefficient (Wildman–Crippen LogP) is -0.288. The lowest BCUT2D eigenvalue weighted by Crippen LogP contribution is -2.35. The van der Waals surface area contributed by atoms with Crippen molar-refractivity contribution >= 4 is 17.5 Å². The molecule has 4 N–H and O–H groups in total. The molecule has 8 nitrogen and oxygen atoms in total. The molecule has 0 saturated carbocycles. The van der Waals surface area contributed by atoms with Crippen molar-refractivity contribution in [1.82, 2.24) is 15.1 Å². The SMILES string of the molecule is CCCC(N)C(=O)Nc1cnn(CC(=O)NCCOC)c1. The van der Waals surface area contributed by atoms with E-state index in [0.717, 1.165) is 6.42 Å². The summed E-state index contributed by atoms with van der Waals surface area (Å²) in [6.07, 6.45) is 4.54. The molecular formula is C13H23N5O3. The maximum atomic E-state index is 11.7. The van der Waals surface area contributed by atoms with E-state index in [9.17, 15) is 9.59 Å². The number of methoxy groups -OCH3 is 1. The average molecular weight is 297 g/mol. The van der Waals surface area contributed by atoms with E-state index in [1.54, 1.807) is 13.3 Å². The molecule has 0 aliphatic rings. The Hall–Kier alpha value is -1.93. The summed E-state index contributed by atoms with van der Waals surface area (Å²) < 4.78 is 6.28. The number of carbonyl (C=O) groups is 2. The molecule has 0 radical (unpaired) electrons. The molecule has 0 aliphatic heterocycles. The van der Waals surface area contributed by atoms with Crippen LogP contribution in [0.5, 0.6) is 0 Å². The molecule has 2 amide bonds. The minimum absolute atomic E-state index is 0.0839. The van der Waals surface area contributed by atoms with Gasteiger partial charge in [-0.15, -0.1) is 0 Å². The number of ether oxygens (including phenoxy) is 1. The number of nitrogens with one attached hydrogen (secondary N) is 2. The fourth-order valence-electron chi connectivity index (χ4n) is 1.69. The summed E-state index contributed by atoms with van der Waals surface area (Å²) in [5, 5.41) is 9.37. The van der Waals surface area contributed by atoms with E-state index in [1.807, 2.05) is 6.92 Å². The molecule has 1 unspecified atom stereocenters. The molecule has 1 aromatic rings. The second-order valence-corrected chi connectivity index (χ2v) is 4.65. The average Bonchev–Trinajstić information content (AvgIpc) is 2.86. The normalized spacial score (nSPS) is 12.0. The summed E-state index contributed by atoms with van der Waals surface area (Å²) in [4.78, 5) is 23.3. The summed E-state index contributed by atoms with van der Waals surface area (Å²) in [7, 11) is 1.57. The van der Waals surface area contributed by atoms with Gasteiger partial charge in [-0.3, -0.25) is 14.3 Å². The smallest absolute Gasteiger partial charge is 0.241 e. The molecule has 1 rings (SSSR count). The number of anilines is 1. The lowest BCUT2D eigenvalue weighted by Gasteiger charge is -2.09. The maximum Gasteiger partial charge on any atom is 0.241 e. The van der Waals surface area contributed by atoms with Crippen LogP contribution in [-0.4, -0.2) is 47.9 Å². The van der Waals surface area contributed by atoms with Crippen molar-refractivity contribution in [2.24, 2.45) is 5.73 Å². The third-order valence-electron chi connectivity index (χ3n) is 2.77. The summed E-state index contributed by atoms with van der Waals surface area (Å²) in [6, 6.07) is -0.532. The van der Waals surface area contributed by atoms with Gasteiger partial charge < -0.3 is 21.1 Å². The Morgan fingerprint density at radius 3 is 2.95 bits per heavy atom. The first kappa shape index (κ1) is 17.1. The van der Waals surface area contributed by atoms with Gasteiger partial charge in [0, 0.05) is 19.9 Å². The largest absolute Gasteiger partial charge is 0.383 e. The van der Waals surface area contributed by atoms with Crippen LogP contribution in [0.3, 0.4) is 0 Å². The number of nitrogens with zero attached hydrogens (tertiary/aromatic N) is 2. The first-order chi connectivity index (χ1) is 10.1. The summed E-state index contributed by atoms with van der Waals surface area (Å²) in [6.45, 7) is 2.96. The second-order valence-electron chi connectivity index (χ2n) is 4.65. The molecule has 8 heteroatoms. The monoisotopic (exact) mass is 297 g/mol. The van der Waals surface area contributed by atoms with Crippen LogP contribution < -0.4 is 16.4 Å². The molecule has 0 bridgehead atoms. The van der Waals surface area contributed by atoms with Gasteiger partial charge in [-0.1, -0.05) is 13.3 Å². The first-order valence-electron chi connectivity index (χ1n) is 6.91. The molecule has 0 aromatic carbocycles. The Kier molecular flexibility index (Phi) is 7.41. The van der Waals surface area contributed by atoms with Gasteiger partial charge >= 0.3 is 0 Å². The minimum atomic E-state index is -0.532. The van der Waals surface area contributed by atoms with Crippen molar-refractivity contribution in [1.29, 1.82) is 0 Å². The van der Waals surface area contributed by atoms with Gasteiger partial charge in [0.05, 0.1) is 24.5 Å². The number of aromatic nitrogens is 2. The van der Waals surface area contributed by atoms with Crippen molar-refractivity contribution in [2.75, 3.05) is 25.6 Å². The highest BCUT2D eigenvalue weighted by Gasteiger charge is 2.13. The molecule has 0 fully saturated rings. The predicted molar refractivity (Wildman–Crippen MR) is 78.6 cm³/mol. The topological polar surface area (TPSA) is 111 Å². The van der Waals surface area contributed by atoms with E-state index in [0.29, 0.717) is 25.3 Å². The van der Waals surface area contributed by atoms with Crippen molar-refractivity contribution < 1.29 is 14.3 Å². The fourth-order valence-corrected chi connectivity index (χ4v) is 1.69. The Bertz CT molecular complexity index is 460. The van der Waals surface area contributed by atoms with E-state index < -0.39 is 6.04 Å². The van der Waals surface area contributed by atoms with Crippen molar-refractivity contribution in [3.8, 4) is 0 Å². The lowest BCUT2D eigenvalue weighted by atomic mass is 10.2. The van der Waals surface area contributed by atoms with Crippen LogP contribution in [0.15, 0.2) is 12.4 Å². The number of hydrogen-bond donors (Lipinski definition) is 3. The summed E-state index contributed by atoms with van der Waals surface area (Å²) in [5.74, 6) is -0.420. The number of nitrogens with two attached hydrogens (primary N) is 1. The van der Waals surface area contributed by atoms with Crippen LogP contribution in [0, 0.1) is 0 Å². The van der Waals surface area contributed by atoms with Crippen LogP contribution in [-0.2, 0) is 20.9 Å². The Labute approximate surface area is 124 Å². The standard InChI is InChI=1S/C13H23N5O3/c1-3-4-11(14)13(20)17-10-7-16-18(8-10)9-12(19)15-5-6-21-2/h7-8,11H,3-6,9,14H2,1-2H3,(H,15,19)(H,17,20). The van der Waals surface area contributed by atoms with E-state index in [-0.39, 0.29) is 18.4 Å². The fraction of sp³-hybridized carbons (Fsp3) is 0.615.